The minimum Gasteiger partial charge on any atom is -0.344 e. The minimum atomic E-state index is -1.31. The monoisotopic (exact) mass is 328 g/mol. The van der Waals surface area contributed by atoms with Crippen LogP contribution in [0.3, 0.4) is 0 Å². The predicted octanol–water partition coefficient (Wildman–Crippen LogP) is 3.34. The van der Waals surface area contributed by atoms with Gasteiger partial charge in [0.25, 0.3) is 0 Å². The van der Waals surface area contributed by atoms with Gasteiger partial charge in [0.15, 0.2) is 0 Å². The van der Waals surface area contributed by atoms with Crippen molar-refractivity contribution in [3.05, 3.63) is 69.7 Å². The van der Waals surface area contributed by atoms with Gasteiger partial charge in [0.1, 0.15) is 6.10 Å². The summed E-state index contributed by atoms with van der Waals surface area (Å²) in [5.41, 5.74) is 0.481. The molecule has 4 heteroatoms. The Morgan fingerprint density at radius 1 is 0.900 bits per heavy atom. The maximum Gasteiger partial charge on any atom is 0.224 e. The van der Waals surface area contributed by atoms with E-state index in [2.05, 4.69) is 15.9 Å². The van der Waals surface area contributed by atoms with E-state index in [1.54, 1.807) is 24.3 Å². The minimum absolute atomic E-state index is 0.217. The molecular weight excluding hydrogens is 320 g/mol. The number of epoxide rings is 1. The van der Waals surface area contributed by atoms with Gasteiger partial charge in [-0.15, -0.1) is 0 Å². The van der Waals surface area contributed by atoms with Gasteiger partial charge in [-0.25, -0.2) is 0 Å². The van der Waals surface area contributed by atoms with Gasteiger partial charge in [-0.05, 0) is 17.7 Å². The second-order valence-corrected chi connectivity index (χ2v) is 5.90. The lowest BCUT2D eigenvalue weighted by Crippen LogP contribution is -2.27. The zero-order chi connectivity index (χ0) is 13.9. The third kappa shape index (κ3) is 1.38. The Bertz CT molecular complexity index is 714. The number of carbonyl (C=O) groups excluding carboxylic acids is 2. The Labute approximate surface area is 123 Å². The fraction of sp³-hybridized carbons (Fsp3) is 0.125. The van der Waals surface area contributed by atoms with Crippen LogP contribution in [0.1, 0.15) is 32.4 Å². The van der Waals surface area contributed by atoms with E-state index < -0.39 is 11.7 Å². The van der Waals surface area contributed by atoms with Crippen molar-refractivity contribution in [2.75, 3.05) is 0 Å². The summed E-state index contributed by atoms with van der Waals surface area (Å²) in [5.74, 6) is -0.433. The van der Waals surface area contributed by atoms with E-state index in [4.69, 9.17) is 4.74 Å². The van der Waals surface area contributed by atoms with Gasteiger partial charge in [0.2, 0.25) is 17.2 Å². The van der Waals surface area contributed by atoms with Gasteiger partial charge in [-0.3, -0.25) is 9.59 Å². The van der Waals surface area contributed by atoms with Crippen LogP contribution >= 0.6 is 15.9 Å². The largest absolute Gasteiger partial charge is 0.344 e. The summed E-state index contributed by atoms with van der Waals surface area (Å²) in [4.78, 5) is 25.0. The van der Waals surface area contributed by atoms with Crippen LogP contribution in [0.2, 0.25) is 0 Å². The van der Waals surface area contributed by atoms with E-state index in [1.165, 1.54) is 0 Å². The van der Waals surface area contributed by atoms with Crippen molar-refractivity contribution in [3.8, 4) is 0 Å². The first kappa shape index (κ1) is 12.0. The molecule has 0 N–H and O–H groups in total. The van der Waals surface area contributed by atoms with Crippen LogP contribution in [0.4, 0.5) is 0 Å². The number of fused-ring (bicyclic) bond motifs is 1. The normalized spacial score (nSPS) is 22.1. The molecule has 1 aliphatic carbocycles. The van der Waals surface area contributed by atoms with Gasteiger partial charge in [-0.1, -0.05) is 52.3 Å². The topological polar surface area (TPSA) is 46.7 Å². The summed E-state index contributed by atoms with van der Waals surface area (Å²) < 4.78 is 6.53. The van der Waals surface area contributed by atoms with E-state index in [9.17, 15) is 9.59 Å². The summed E-state index contributed by atoms with van der Waals surface area (Å²) in [6, 6.07) is 14.4. The first-order valence-electron chi connectivity index (χ1n) is 6.26. The molecule has 2 aromatic rings. The summed E-state index contributed by atoms with van der Waals surface area (Å²) in [5, 5.41) is 0. The number of halogens is 1. The number of ketones is 2. The van der Waals surface area contributed by atoms with Crippen molar-refractivity contribution >= 4 is 27.5 Å². The maximum atomic E-state index is 12.5. The number of hydrogen-bond donors (Lipinski definition) is 0. The highest BCUT2D eigenvalue weighted by Gasteiger charge is 2.71. The maximum absolute atomic E-state index is 12.5. The van der Waals surface area contributed by atoms with Gasteiger partial charge < -0.3 is 4.74 Å². The Morgan fingerprint density at radius 2 is 1.45 bits per heavy atom. The van der Waals surface area contributed by atoms with Crippen molar-refractivity contribution in [1.82, 2.24) is 0 Å². The van der Waals surface area contributed by atoms with E-state index in [0.29, 0.717) is 11.1 Å². The fourth-order valence-electron chi connectivity index (χ4n) is 2.82. The molecule has 1 saturated heterocycles. The van der Waals surface area contributed by atoms with Crippen LogP contribution in [-0.2, 0) is 4.74 Å². The third-order valence-corrected chi connectivity index (χ3v) is 4.41. The highest BCUT2D eigenvalue weighted by molar-refractivity contribution is 9.10. The Kier molecular flexibility index (Phi) is 2.32. The van der Waals surface area contributed by atoms with Crippen molar-refractivity contribution in [2.24, 2.45) is 0 Å². The number of Topliss-reactive ketones (excluding diaryl/α,β-unsaturated/α-hetero) is 2. The lowest BCUT2D eigenvalue weighted by Gasteiger charge is -2.00. The van der Waals surface area contributed by atoms with Gasteiger partial charge >= 0.3 is 0 Å². The second kappa shape index (κ2) is 3.87. The number of rotatable bonds is 1. The molecule has 0 radical (unpaired) electrons. The predicted molar refractivity (Wildman–Crippen MR) is 75.8 cm³/mol. The van der Waals surface area contributed by atoms with Crippen molar-refractivity contribution in [2.45, 2.75) is 11.7 Å². The lowest BCUT2D eigenvalue weighted by atomic mass is 9.95. The van der Waals surface area contributed by atoms with Crippen LogP contribution in [0.15, 0.2) is 53.0 Å². The molecule has 0 amide bonds. The lowest BCUT2D eigenvalue weighted by molar-refractivity contribution is 0.0785. The molecule has 1 heterocycles. The second-order valence-electron chi connectivity index (χ2n) is 4.99. The van der Waals surface area contributed by atoms with E-state index >= 15 is 0 Å². The van der Waals surface area contributed by atoms with Crippen LogP contribution in [-0.4, -0.2) is 17.2 Å². The zero-order valence-corrected chi connectivity index (χ0v) is 11.9. The zero-order valence-electron chi connectivity index (χ0n) is 10.3. The molecule has 1 atom stereocenters. The molecule has 1 aliphatic heterocycles. The molecule has 1 spiro atoms. The van der Waals surface area contributed by atoms with Crippen LogP contribution in [0.5, 0.6) is 0 Å². The highest BCUT2D eigenvalue weighted by Crippen LogP contribution is 2.56. The van der Waals surface area contributed by atoms with Crippen LogP contribution in [0.25, 0.3) is 0 Å². The van der Waals surface area contributed by atoms with Crippen LogP contribution in [0, 0.1) is 0 Å². The summed E-state index contributed by atoms with van der Waals surface area (Å²) in [6.45, 7) is 0. The SMILES string of the molecule is O=C1c2ccccc2C(=O)C12OC2c1ccc(Br)cc1. The molecule has 98 valence electrons. The van der Waals surface area contributed by atoms with Crippen molar-refractivity contribution in [3.63, 3.8) is 0 Å². The quantitative estimate of drug-likeness (QED) is 0.595. The standard InChI is InChI=1S/C16H9BrO3/c17-10-7-5-9(6-8-10)15-16(20-15)13(18)11-3-1-2-4-12(11)14(16)19/h1-8,15H. The number of hydrogen-bond acceptors (Lipinski definition) is 3. The number of benzene rings is 2. The summed E-state index contributed by atoms with van der Waals surface area (Å²) >= 11 is 3.36. The van der Waals surface area contributed by atoms with Gasteiger partial charge in [-0.2, -0.15) is 0 Å². The van der Waals surface area contributed by atoms with Crippen molar-refractivity contribution < 1.29 is 14.3 Å². The Morgan fingerprint density at radius 3 is 2.00 bits per heavy atom. The third-order valence-electron chi connectivity index (χ3n) is 3.88. The molecule has 0 saturated carbocycles. The first-order valence-corrected chi connectivity index (χ1v) is 7.06. The average Bonchev–Trinajstić information content (AvgIpc) is 3.19. The van der Waals surface area contributed by atoms with Crippen molar-refractivity contribution in [1.29, 1.82) is 0 Å². The van der Waals surface area contributed by atoms with E-state index in [0.717, 1.165) is 10.0 Å². The molecule has 4 rings (SSSR count). The summed E-state index contributed by atoms with van der Waals surface area (Å²) in [7, 11) is 0. The molecule has 2 aliphatic rings. The number of carbonyl (C=O) groups is 2. The molecule has 0 aromatic heterocycles. The highest BCUT2D eigenvalue weighted by atomic mass is 79.9. The van der Waals surface area contributed by atoms with Gasteiger partial charge in [0.05, 0.1) is 0 Å². The van der Waals surface area contributed by atoms with Gasteiger partial charge in [0, 0.05) is 15.6 Å². The molecule has 0 bridgehead atoms. The Hall–Kier alpha value is -1.78. The smallest absolute Gasteiger partial charge is 0.224 e. The molecule has 1 unspecified atom stereocenters. The Balaban J connectivity index is 1.77. The van der Waals surface area contributed by atoms with Crippen LogP contribution < -0.4 is 0 Å². The number of ether oxygens (including phenoxy) is 1. The van der Waals surface area contributed by atoms with E-state index in [-0.39, 0.29) is 11.6 Å². The molecular formula is C16H9BrO3. The molecule has 20 heavy (non-hydrogen) atoms. The first-order chi connectivity index (χ1) is 9.64. The average molecular weight is 329 g/mol. The molecule has 2 aromatic carbocycles. The van der Waals surface area contributed by atoms with E-state index in [1.807, 2.05) is 24.3 Å². The molecule has 3 nitrogen and oxygen atoms in total. The summed E-state index contributed by atoms with van der Waals surface area (Å²) in [6.07, 6.45) is -0.469. The molecule has 1 fully saturated rings. The fourth-order valence-corrected chi connectivity index (χ4v) is 3.08.